The molecule has 0 spiro atoms. The Kier molecular flexibility index (Phi) is 5.24. The number of β-amino-alcohol motifs (C(OH)–C–C–N with tert-alkyl or cyclic N) is 1. The molecule has 1 saturated heterocycles. The van der Waals surface area contributed by atoms with Crippen LogP contribution in [0.1, 0.15) is 26.7 Å². The highest BCUT2D eigenvalue weighted by Gasteiger charge is 2.28. The molecule has 2 heterocycles. The summed E-state index contributed by atoms with van der Waals surface area (Å²) in [6.45, 7) is 8.54. The van der Waals surface area contributed by atoms with Crippen molar-refractivity contribution in [2.24, 2.45) is 0 Å². The lowest BCUT2D eigenvalue weighted by Gasteiger charge is -2.39. The molecule has 1 fully saturated rings. The predicted molar refractivity (Wildman–Crippen MR) is 83.4 cm³/mol. The molecule has 0 bridgehead atoms. The summed E-state index contributed by atoms with van der Waals surface area (Å²) in [5.41, 5.74) is -0.551. The molecule has 5 heteroatoms. The number of anilines is 1. The standard InChI is InChI=1S/C15H24ClN3O/c1-3-15(20,4-2)12-18-8-10-19(11-9-18)14-13(16)6-5-7-17-14/h5-7,20H,3-4,8-12H2,1-2H3. The molecule has 0 aromatic carbocycles. The van der Waals surface area contributed by atoms with Gasteiger partial charge in [0.05, 0.1) is 10.6 Å². The van der Waals surface area contributed by atoms with E-state index in [1.54, 1.807) is 6.20 Å². The lowest BCUT2D eigenvalue weighted by Crippen LogP contribution is -2.52. The summed E-state index contributed by atoms with van der Waals surface area (Å²) in [7, 11) is 0. The van der Waals surface area contributed by atoms with E-state index in [0.717, 1.165) is 51.4 Å². The van der Waals surface area contributed by atoms with Crippen molar-refractivity contribution in [3.8, 4) is 0 Å². The molecule has 0 radical (unpaired) electrons. The first kappa shape index (κ1) is 15.5. The van der Waals surface area contributed by atoms with Crippen LogP contribution >= 0.6 is 11.6 Å². The summed E-state index contributed by atoms with van der Waals surface area (Å²) >= 11 is 6.19. The molecule has 0 amide bonds. The van der Waals surface area contributed by atoms with Crippen LogP contribution in [0.25, 0.3) is 0 Å². The Bertz CT molecular complexity index is 429. The Morgan fingerprint density at radius 1 is 1.25 bits per heavy atom. The highest BCUT2D eigenvalue weighted by Crippen LogP contribution is 2.24. The average Bonchev–Trinajstić information content (AvgIpc) is 2.49. The van der Waals surface area contributed by atoms with Gasteiger partial charge < -0.3 is 10.0 Å². The zero-order valence-corrected chi connectivity index (χ0v) is 13.1. The fourth-order valence-electron chi connectivity index (χ4n) is 2.62. The SMILES string of the molecule is CCC(O)(CC)CN1CCN(c2ncccc2Cl)CC1. The quantitative estimate of drug-likeness (QED) is 0.906. The third-order valence-corrected chi connectivity index (χ3v) is 4.54. The van der Waals surface area contributed by atoms with Gasteiger partial charge >= 0.3 is 0 Å². The molecular formula is C15H24ClN3O. The summed E-state index contributed by atoms with van der Waals surface area (Å²) in [4.78, 5) is 8.91. The number of pyridine rings is 1. The molecule has 2 rings (SSSR count). The van der Waals surface area contributed by atoms with Crippen molar-refractivity contribution in [2.75, 3.05) is 37.6 Å². The lowest BCUT2D eigenvalue weighted by atomic mass is 9.96. The molecule has 1 aromatic heterocycles. The molecule has 1 aromatic rings. The second kappa shape index (κ2) is 6.74. The molecule has 1 N–H and O–H groups in total. The van der Waals surface area contributed by atoms with Gasteiger partial charge in [0.25, 0.3) is 0 Å². The third-order valence-electron chi connectivity index (χ3n) is 4.25. The van der Waals surface area contributed by atoms with E-state index in [-0.39, 0.29) is 0 Å². The minimum absolute atomic E-state index is 0.551. The molecule has 0 aliphatic carbocycles. The highest BCUT2D eigenvalue weighted by atomic mass is 35.5. The average molecular weight is 298 g/mol. The molecule has 4 nitrogen and oxygen atoms in total. The Morgan fingerprint density at radius 2 is 1.90 bits per heavy atom. The van der Waals surface area contributed by atoms with E-state index in [2.05, 4.69) is 14.8 Å². The van der Waals surface area contributed by atoms with Gasteiger partial charge in [-0.1, -0.05) is 25.4 Å². The summed E-state index contributed by atoms with van der Waals surface area (Å²) in [6, 6.07) is 3.73. The normalized spacial score (nSPS) is 17.5. The van der Waals surface area contributed by atoms with Gasteiger partial charge in [0, 0.05) is 38.9 Å². The van der Waals surface area contributed by atoms with E-state index in [1.165, 1.54) is 0 Å². The van der Waals surface area contributed by atoms with Crippen molar-refractivity contribution in [3.63, 3.8) is 0 Å². The largest absolute Gasteiger partial charge is 0.389 e. The smallest absolute Gasteiger partial charge is 0.147 e. The van der Waals surface area contributed by atoms with Gasteiger partial charge in [-0.3, -0.25) is 4.90 Å². The maximum atomic E-state index is 10.4. The summed E-state index contributed by atoms with van der Waals surface area (Å²) in [5.74, 6) is 0.870. The lowest BCUT2D eigenvalue weighted by molar-refractivity contribution is -0.00458. The Balaban J connectivity index is 1.91. The van der Waals surface area contributed by atoms with Crippen LogP contribution in [0.4, 0.5) is 5.82 Å². The van der Waals surface area contributed by atoms with Gasteiger partial charge in [-0.25, -0.2) is 4.98 Å². The topological polar surface area (TPSA) is 39.6 Å². The number of piperazine rings is 1. The zero-order valence-electron chi connectivity index (χ0n) is 12.3. The molecule has 20 heavy (non-hydrogen) atoms. The van der Waals surface area contributed by atoms with Gasteiger partial charge in [0.1, 0.15) is 5.82 Å². The number of aliphatic hydroxyl groups is 1. The number of hydrogen-bond donors (Lipinski definition) is 1. The van der Waals surface area contributed by atoms with Gasteiger partial charge in [0.15, 0.2) is 0 Å². The monoisotopic (exact) mass is 297 g/mol. The number of aromatic nitrogens is 1. The molecule has 1 aliphatic heterocycles. The predicted octanol–water partition coefficient (Wildman–Crippen LogP) is 2.41. The number of halogens is 1. The van der Waals surface area contributed by atoms with Crippen molar-refractivity contribution in [1.29, 1.82) is 0 Å². The Morgan fingerprint density at radius 3 is 2.45 bits per heavy atom. The molecular weight excluding hydrogens is 274 g/mol. The third kappa shape index (κ3) is 3.62. The molecule has 0 saturated carbocycles. The molecule has 0 atom stereocenters. The van der Waals surface area contributed by atoms with E-state index < -0.39 is 5.60 Å². The van der Waals surface area contributed by atoms with Crippen LogP contribution in [-0.2, 0) is 0 Å². The summed E-state index contributed by atoms with van der Waals surface area (Å²) < 4.78 is 0. The van der Waals surface area contributed by atoms with E-state index in [1.807, 2.05) is 26.0 Å². The second-order valence-electron chi connectivity index (χ2n) is 5.50. The van der Waals surface area contributed by atoms with Crippen LogP contribution < -0.4 is 4.90 Å². The first-order valence-corrected chi connectivity index (χ1v) is 7.76. The van der Waals surface area contributed by atoms with Gasteiger partial charge in [-0.15, -0.1) is 0 Å². The Hall–Kier alpha value is -0.840. The Labute approximate surface area is 126 Å². The fraction of sp³-hybridized carbons (Fsp3) is 0.667. The molecule has 112 valence electrons. The number of rotatable bonds is 5. The van der Waals surface area contributed by atoms with Crippen molar-refractivity contribution >= 4 is 17.4 Å². The second-order valence-corrected chi connectivity index (χ2v) is 5.91. The number of hydrogen-bond acceptors (Lipinski definition) is 4. The van der Waals surface area contributed by atoms with E-state index in [0.29, 0.717) is 5.02 Å². The van der Waals surface area contributed by atoms with Crippen molar-refractivity contribution in [1.82, 2.24) is 9.88 Å². The number of nitrogens with zero attached hydrogens (tertiary/aromatic N) is 3. The van der Waals surface area contributed by atoms with Gasteiger partial charge in [-0.05, 0) is 25.0 Å². The van der Waals surface area contributed by atoms with Crippen LogP contribution in [0, 0.1) is 0 Å². The van der Waals surface area contributed by atoms with Gasteiger partial charge in [-0.2, -0.15) is 0 Å². The summed E-state index contributed by atoms with van der Waals surface area (Å²) in [6.07, 6.45) is 3.38. The molecule has 0 unspecified atom stereocenters. The van der Waals surface area contributed by atoms with Crippen LogP contribution in [0.3, 0.4) is 0 Å². The maximum absolute atomic E-state index is 10.4. The van der Waals surface area contributed by atoms with Crippen molar-refractivity contribution < 1.29 is 5.11 Å². The summed E-state index contributed by atoms with van der Waals surface area (Å²) in [5, 5.41) is 11.1. The fourth-order valence-corrected chi connectivity index (χ4v) is 2.86. The van der Waals surface area contributed by atoms with E-state index in [9.17, 15) is 5.11 Å². The minimum atomic E-state index is -0.551. The van der Waals surface area contributed by atoms with E-state index in [4.69, 9.17) is 11.6 Å². The highest BCUT2D eigenvalue weighted by molar-refractivity contribution is 6.32. The zero-order chi connectivity index (χ0) is 14.6. The van der Waals surface area contributed by atoms with Crippen LogP contribution in [-0.4, -0.2) is 53.3 Å². The first-order chi connectivity index (χ1) is 9.58. The van der Waals surface area contributed by atoms with Crippen LogP contribution in [0.5, 0.6) is 0 Å². The molecule has 1 aliphatic rings. The van der Waals surface area contributed by atoms with Crippen molar-refractivity contribution in [3.05, 3.63) is 23.4 Å². The minimum Gasteiger partial charge on any atom is -0.389 e. The van der Waals surface area contributed by atoms with Crippen LogP contribution in [0.2, 0.25) is 5.02 Å². The van der Waals surface area contributed by atoms with Crippen LogP contribution in [0.15, 0.2) is 18.3 Å². The van der Waals surface area contributed by atoms with Crippen molar-refractivity contribution in [2.45, 2.75) is 32.3 Å². The van der Waals surface area contributed by atoms with Gasteiger partial charge in [0.2, 0.25) is 0 Å². The first-order valence-electron chi connectivity index (χ1n) is 7.38. The maximum Gasteiger partial charge on any atom is 0.147 e. The van der Waals surface area contributed by atoms with E-state index >= 15 is 0 Å².